The van der Waals surface area contributed by atoms with Crippen LogP contribution in [0.15, 0.2) is 22.7 Å². The van der Waals surface area contributed by atoms with Crippen molar-refractivity contribution in [1.29, 1.82) is 0 Å². The number of nitrogens with zero attached hydrogens (tertiary/aromatic N) is 1. The molecule has 1 aromatic heterocycles. The summed E-state index contributed by atoms with van der Waals surface area (Å²) < 4.78 is 5.11. The summed E-state index contributed by atoms with van der Waals surface area (Å²) in [7, 11) is 0. The summed E-state index contributed by atoms with van der Waals surface area (Å²) in [5, 5.41) is 5.15. The summed E-state index contributed by atoms with van der Waals surface area (Å²) in [5.41, 5.74) is 2.27. The Morgan fingerprint density at radius 2 is 2.25 bits per heavy atom. The molecule has 2 aromatic rings. The standard InChI is InChI=1S/C10H11NO/c1-3-8-5-4-6-9-7(2)12-11-10(8)9/h4-6H,3H2,1-2H3. The van der Waals surface area contributed by atoms with Gasteiger partial charge < -0.3 is 4.52 Å². The monoisotopic (exact) mass is 161 g/mol. The molecule has 2 nitrogen and oxygen atoms in total. The van der Waals surface area contributed by atoms with Gasteiger partial charge in [-0.05, 0) is 25.0 Å². The highest BCUT2D eigenvalue weighted by Gasteiger charge is 2.05. The average Bonchev–Trinajstić information content (AvgIpc) is 2.48. The molecular weight excluding hydrogens is 150 g/mol. The lowest BCUT2D eigenvalue weighted by Gasteiger charge is -1.94. The molecule has 0 aliphatic heterocycles. The molecule has 0 saturated heterocycles. The Labute approximate surface area is 71.2 Å². The second-order valence-corrected chi connectivity index (χ2v) is 2.91. The van der Waals surface area contributed by atoms with Crippen molar-refractivity contribution in [3.63, 3.8) is 0 Å². The molecule has 2 heteroatoms. The Balaban J connectivity index is 2.81. The highest BCUT2D eigenvalue weighted by atomic mass is 16.5. The first kappa shape index (κ1) is 7.35. The lowest BCUT2D eigenvalue weighted by Crippen LogP contribution is -1.81. The lowest BCUT2D eigenvalue weighted by atomic mass is 10.1. The smallest absolute Gasteiger partial charge is 0.141 e. The minimum Gasteiger partial charge on any atom is -0.360 e. The van der Waals surface area contributed by atoms with Crippen molar-refractivity contribution in [2.75, 3.05) is 0 Å². The van der Waals surface area contributed by atoms with Crippen molar-refractivity contribution in [1.82, 2.24) is 5.16 Å². The van der Waals surface area contributed by atoms with Crippen LogP contribution in [0.2, 0.25) is 0 Å². The molecule has 12 heavy (non-hydrogen) atoms. The molecule has 0 amide bonds. The number of rotatable bonds is 1. The largest absolute Gasteiger partial charge is 0.360 e. The number of hydrogen-bond acceptors (Lipinski definition) is 2. The maximum Gasteiger partial charge on any atom is 0.141 e. The van der Waals surface area contributed by atoms with Gasteiger partial charge in [0.25, 0.3) is 0 Å². The molecule has 1 heterocycles. The molecule has 1 aromatic carbocycles. The molecule has 0 saturated carbocycles. The van der Waals surface area contributed by atoms with Crippen molar-refractivity contribution in [2.24, 2.45) is 0 Å². The number of benzene rings is 1. The Morgan fingerprint density at radius 3 is 3.00 bits per heavy atom. The quantitative estimate of drug-likeness (QED) is 0.642. The van der Waals surface area contributed by atoms with Crippen LogP contribution in [0.4, 0.5) is 0 Å². The van der Waals surface area contributed by atoms with Crippen LogP contribution in [0.5, 0.6) is 0 Å². The van der Waals surface area contributed by atoms with Gasteiger partial charge in [0.2, 0.25) is 0 Å². The predicted molar refractivity (Wildman–Crippen MR) is 48.1 cm³/mol. The number of aryl methyl sites for hydroxylation is 2. The van der Waals surface area contributed by atoms with E-state index in [-0.39, 0.29) is 0 Å². The van der Waals surface area contributed by atoms with E-state index in [0.29, 0.717) is 0 Å². The van der Waals surface area contributed by atoms with Crippen molar-refractivity contribution in [3.05, 3.63) is 29.5 Å². The van der Waals surface area contributed by atoms with Crippen molar-refractivity contribution in [3.8, 4) is 0 Å². The third-order valence-electron chi connectivity index (χ3n) is 2.15. The van der Waals surface area contributed by atoms with Crippen LogP contribution in [-0.4, -0.2) is 5.16 Å². The van der Waals surface area contributed by atoms with E-state index in [4.69, 9.17) is 4.52 Å². The molecule has 0 aliphatic carbocycles. The Kier molecular flexibility index (Phi) is 1.61. The second kappa shape index (κ2) is 2.63. The lowest BCUT2D eigenvalue weighted by molar-refractivity contribution is 0.405. The van der Waals surface area contributed by atoms with Gasteiger partial charge in [0.15, 0.2) is 0 Å². The molecule has 62 valence electrons. The van der Waals surface area contributed by atoms with Crippen LogP contribution in [-0.2, 0) is 6.42 Å². The second-order valence-electron chi connectivity index (χ2n) is 2.91. The Hall–Kier alpha value is -1.31. The van der Waals surface area contributed by atoms with Crippen LogP contribution >= 0.6 is 0 Å². The first-order valence-corrected chi connectivity index (χ1v) is 4.16. The van der Waals surface area contributed by atoms with E-state index in [0.717, 1.165) is 23.1 Å². The van der Waals surface area contributed by atoms with E-state index in [1.807, 2.05) is 19.1 Å². The summed E-state index contributed by atoms with van der Waals surface area (Å²) >= 11 is 0. The van der Waals surface area contributed by atoms with E-state index in [1.165, 1.54) is 5.56 Å². The van der Waals surface area contributed by atoms with Gasteiger partial charge in [-0.25, -0.2) is 0 Å². The Bertz CT molecular complexity index is 403. The minimum atomic E-state index is 0.903. The van der Waals surface area contributed by atoms with Crippen LogP contribution in [0, 0.1) is 6.92 Å². The highest BCUT2D eigenvalue weighted by molar-refractivity contribution is 5.83. The number of fused-ring (bicyclic) bond motifs is 1. The molecule has 0 bridgehead atoms. The fraction of sp³-hybridized carbons (Fsp3) is 0.300. The van der Waals surface area contributed by atoms with Gasteiger partial charge in [0.1, 0.15) is 11.3 Å². The average molecular weight is 161 g/mol. The molecule has 0 aliphatic rings. The topological polar surface area (TPSA) is 26.0 Å². The molecule has 0 radical (unpaired) electrons. The zero-order valence-electron chi connectivity index (χ0n) is 7.29. The van der Waals surface area contributed by atoms with Crippen LogP contribution in [0.3, 0.4) is 0 Å². The first-order valence-electron chi connectivity index (χ1n) is 4.16. The van der Waals surface area contributed by atoms with Gasteiger partial charge in [-0.1, -0.05) is 24.2 Å². The van der Waals surface area contributed by atoms with Crippen molar-refractivity contribution in [2.45, 2.75) is 20.3 Å². The van der Waals surface area contributed by atoms with E-state index < -0.39 is 0 Å². The summed E-state index contributed by atoms with van der Waals surface area (Å²) in [6, 6.07) is 6.18. The maximum atomic E-state index is 5.11. The van der Waals surface area contributed by atoms with Crippen molar-refractivity contribution < 1.29 is 4.52 Å². The Morgan fingerprint density at radius 1 is 1.42 bits per heavy atom. The summed E-state index contributed by atoms with van der Waals surface area (Å²) in [4.78, 5) is 0. The zero-order chi connectivity index (χ0) is 8.55. The number of hydrogen-bond donors (Lipinski definition) is 0. The summed E-state index contributed by atoms with van der Waals surface area (Å²) in [6.45, 7) is 4.06. The molecule has 0 N–H and O–H groups in total. The van der Waals surface area contributed by atoms with E-state index >= 15 is 0 Å². The van der Waals surface area contributed by atoms with Gasteiger partial charge in [-0.15, -0.1) is 0 Å². The molecule has 0 atom stereocenters. The van der Waals surface area contributed by atoms with Gasteiger partial charge in [-0.2, -0.15) is 0 Å². The molecule has 2 rings (SSSR count). The normalized spacial score (nSPS) is 10.8. The van der Waals surface area contributed by atoms with E-state index in [2.05, 4.69) is 18.1 Å². The van der Waals surface area contributed by atoms with Gasteiger partial charge >= 0.3 is 0 Å². The molecule has 0 unspecified atom stereocenters. The summed E-state index contributed by atoms with van der Waals surface area (Å²) in [5.74, 6) is 0.903. The summed E-state index contributed by atoms with van der Waals surface area (Å²) in [6.07, 6.45) is 1.00. The van der Waals surface area contributed by atoms with Gasteiger partial charge in [0.05, 0.1) is 0 Å². The van der Waals surface area contributed by atoms with Crippen molar-refractivity contribution >= 4 is 10.9 Å². The minimum absolute atomic E-state index is 0.903. The van der Waals surface area contributed by atoms with Gasteiger partial charge in [0, 0.05) is 5.39 Å². The van der Waals surface area contributed by atoms with E-state index in [9.17, 15) is 0 Å². The van der Waals surface area contributed by atoms with Crippen LogP contribution in [0.25, 0.3) is 10.9 Å². The zero-order valence-corrected chi connectivity index (χ0v) is 7.29. The first-order chi connectivity index (χ1) is 5.83. The van der Waals surface area contributed by atoms with Crippen LogP contribution < -0.4 is 0 Å². The molecule has 0 spiro atoms. The fourth-order valence-corrected chi connectivity index (χ4v) is 1.43. The third-order valence-corrected chi connectivity index (χ3v) is 2.15. The van der Waals surface area contributed by atoms with E-state index in [1.54, 1.807) is 0 Å². The predicted octanol–water partition coefficient (Wildman–Crippen LogP) is 2.70. The third kappa shape index (κ3) is 0.916. The molecular formula is C10H11NO. The highest BCUT2D eigenvalue weighted by Crippen LogP contribution is 2.20. The molecule has 0 fully saturated rings. The van der Waals surface area contributed by atoms with Gasteiger partial charge in [-0.3, -0.25) is 0 Å². The van der Waals surface area contributed by atoms with Crippen LogP contribution in [0.1, 0.15) is 18.2 Å². The maximum absolute atomic E-state index is 5.11. The number of aromatic nitrogens is 1. The fourth-order valence-electron chi connectivity index (χ4n) is 1.43. The SMILES string of the molecule is CCc1cccc2c(C)onc12.